The van der Waals surface area contributed by atoms with Crippen LogP contribution in [-0.4, -0.2) is 33.2 Å². The van der Waals surface area contributed by atoms with Gasteiger partial charge in [0.2, 0.25) is 0 Å². The summed E-state index contributed by atoms with van der Waals surface area (Å²) in [4.78, 5) is 0. The van der Waals surface area contributed by atoms with E-state index in [1.807, 2.05) is 0 Å². The Morgan fingerprint density at radius 2 is 1.93 bits per heavy atom. The lowest BCUT2D eigenvalue weighted by Gasteiger charge is -2.30. The van der Waals surface area contributed by atoms with Gasteiger partial charge in [0.15, 0.2) is 0 Å². The van der Waals surface area contributed by atoms with Crippen LogP contribution in [0, 0.1) is 0 Å². The molecular weight excluding hydrogens is 235 g/mol. The van der Waals surface area contributed by atoms with Crippen LogP contribution in [0.15, 0.2) is 0 Å². The fraction of sp³-hybridized carbons (Fsp3) is 1.00. The summed E-state index contributed by atoms with van der Waals surface area (Å²) in [7, 11) is -3.85. The Morgan fingerprint density at radius 1 is 1.33 bits per heavy atom. The fourth-order valence-corrected chi connectivity index (χ4v) is 2.13. The summed E-state index contributed by atoms with van der Waals surface area (Å²) >= 11 is 0. The Morgan fingerprint density at radius 3 is 2.27 bits per heavy atom. The first-order valence-corrected chi connectivity index (χ1v) is 5.83. The lowest BCUT2D eigenvalue weighted by Crippen LogP contribution is -2.54. The molecule has 0 bridgehead atoms. The first-order valence-electron chi connectivity index (χ1n) is 4.28. The van der Waals surface area contributed by atoms with Crippen molar-refractivity contribution in [3.63, 3.8) is 0 Å². The molecule has 1 rings (SSSR count). The van der Waals surface area contributed by atoms with E-state index in [1.54, 1.807) is 0 Å². The van der Waals surface area contributed by atoms with Crippen molar-refractivity contribution in [3.05, 3.63) is 0 Å². The van der Waals surface area contributed by atoms with Gasteiger partial charge in [0.25, 0.3) is 10.2 Å². The lowest BCUT2D eigenvalue weighted by atomic mass is 10.0. The topological polar surface area (TPSA) is 84.2 Å². The lowest BCUT2D eigenvalue weighted by molar-refractivity contribution is -0.160. The molecule has 0 aliphatic carbocycles. The maximum atomic E-state index is 12.2. The third-order valence-corrected chi connectivity index (χ3v) is 2.80. The fourth-order valence-electron chi connectivity index (χ4n) is 1.47. The van der Waals surface area contributed by atoms with E-state index in [-0.39, 0.29) is 19.4 Å². The van der Waals surface area contributed by atoms with Gasteiger partial charge in [-0.2, -0.15) is 26.3 Å². The van der Waals surface area contributed by atoms with Crippen molar-refractivity contribution < 1.29 is 21.6 Å². The summed E-state index contributed by atoms with van der Waals surface area (Å²) < 4.78 is 59.8. The zero-order valence-corrected chi connectivity index (χ0v) is 8.53. The molecule has 0 saturated carbocycles. The molecular formula is C6H12F3N3O2S. The molecule has 0 spiro atoms. The Kier molecular flexibility index (Phi) is 3.59. The van der Waals surface area contributed by atoms with Crippen molar-refractivity contribution in [2.45, 2.75) is 31.1 Å². The molecule has 0 amide bonds. The molecule has 0 aromatic rings. The van der Waals surface area contributed by atoms with Crippen LogP contribution in [0.2, 0.25) is 0 Å². The van der Waals surface area contributed by atoms with Gasteiger partial charge in [-0.1, -0.05) is 0 Å². The van der Waals surface area contributed by atoms with Crippen LogP contribution in [0.5, 0.6) is 0 Å². The van der Waals surface area contributed by atoms with Crippen LogP contribution in [0.4, 0.5) is 13.2 Å². The maximum absolute atomic E-state index is 12.2. The third-order valence-electron chi connectivity index (χ3n) is 2.14. The highest BCUT2D eigenvalue weighted by Gasteiger charge is 2.41. The van der Waals surface area contributed by atoms with E-state index in [9.17, 15) is 21.6 Å². The van der Waals surface area contributed by atoms with Crippen molar-refractivity contribution in [2.24, 2.45) is 5.14 Å². The monoisotopic (exact) mass is 247 g/mol. The van der Waals surface area contributed by atoms with Gasteiger partial charge < -0.3 is 5.32 Å². The molecule has 1 heterocycles. The minimum absolute atomic E-state index is 0.0688. The largest absolute Gasteiger partial charge is 0.403 e. The summed E-state index contributed by atoms with van der Waals surface area (Å²) in [6, 6.07) is -2.13. The number of hydrogen-bond donors (Lipinski definition) is 3. The van der Waals surface area contributed by atoms with E-state index in [1.165, 1.54) is 0 Å². The van der Waals surface area contributed by atoms with E-state index in [2.05, 4.69) is 10.0 Å². The first kappa shape index (κ1) is 12.7. The zero-order chi connectivity index (χ0) is 11.7. The molecule has 2 unspecified atom stereocenters. The quantitative estimate of drug-likeness (QED) is 0.613. The van der Waals surface area contributed by atoms with Crippen LogP contribution < -0.4 is 15.2 Å². The van der Waals surface area contributed by atoms with Crippen LogP contribution in [0.1, 0.15) is 12.8 Å². The van der Waals surface area contributed by atoms with E-state index in [0.717, 1.165) is 0 Å². The average molecular weight is 247 g/mol. The summed E-state index contributed by atoms with van der Waals surface area (Å²) in [5.74, 6) is 0. The predicted molar refractivity (Wildman–Crippen MR) is 47.1 cm³/mol. The Bertz CT molecular complexity index is 308. The molecule has 2 atom stereocenters. The predicted octanol–water partition coefficient (Wildman–Crippen LogP) is -0.538. The molecule has 0 radical (unpaired) electrons. The van der Waals surface area contributed by atoms with Crippen molar-refractivity contribution in [2.75, 3.05) is 6.54 Å². The van der Waals surface area contributed by atoms with Gasteiger partial charge in [0.1, 0.15) is 6.04 Å². The van der Waals surface area contributed by atoms with Crippen LogP contribution in [-0.2, 0) is 10.2 Å². The number of halogens is 3. The number of piperidine rings is 1. The van der Waals surface area contributed by atoms with Gasteiger partial charge >= 0.3 is 6.18 Å². The second-order valence-electron chi connectivity index (χ2n) is 3.44. The van der Waals surface area contributed by atoms with Gasteiger partial charge in [-0.25, -0.2) is 5.14 Å². The Hall–Kier alpha value is -0.380. The van der Waals surface area contributed by atoms with E-state index < -0.39 is 28.5 Å². The van der Waals surface area contributed by atoms with Crippen molar-refractivity contribution >= 4 is 10.2 Å². The van der Waals surface area contributed by atoms with Gasteiger partial charge in [-0.05, 0) is 12.8 Å². The highest BCUT2D eigenvalue weighted by atomic mass is 32.2. The molecule has 9 heteroatoms. The van der Waals surface area contributed by atoms with Gasteiger partial charge in [0, 0.05) is 12.6 Å². The van der Waals surface area contributed by atoms with Crippen LogP contribution in [0.25, 0.3) is 0 Å². The summed E-state index contributed by atoms with van der Waals surface area (Å²) in [6.45, 7) is -0.0688. The zero-order valence-electron chi connectivity index (χ0n) is 7.71. The van der Waals surface area contributed by atoms with Gasteiger partial charge in [-0.3, -0.25) is 0 Å². The summed E-state index contributed by atoms with van der Waals surface area (Å²) in [5.41, 5.74) is 0. The number of rotatable bonds is 2. The number of alkyl halides is 3. The highest BCUT2D eigenvalue weighted by Crippen LogP contribution is 2.26. The van der Waals surface area contributed by atoms with E-state index in [0.29, 0.717) is 0 Å². The third kappa shape index (κ3) is 4.33. The first-order chi connectivity index (χ1) is 6.68. The maximum Gasteiger partial charge on any atom is 0.403 e. The molecule has 4 N–H and O–H groups in total. The second kappa shape index (κ2) is 4.24. The molecule has 0 aromatic heterocycles. The minimum Gasteiger partial charge on any atom is -0.305 e. The van der Waals surface area contributed by atoms with Crippen molar-refractivity contribution in [1.82, 2.24) is 10.0 Å². The van der Waals surface area contributed by atoms with Crippen molar-refractivity contribution in [3.8, 4) is 0 Å². The van der Waals surface area contributed by atoms with E-state index >= 15 is 0 Å². The molecule has 90 valence electrons. The summed E-state index contributed by atoms with van der Waals surface area (Å²) in [6.07, 6.45) is -4.32. The minimum atomic E-state index is -4.29. The van der Waals surface area contributed by atoms with Crippen LogP contribution >= 0.6 is 0 Å². The highest BCUT2D eigenvalue weighted by molar-refractivity contribution is 7.87. The molecule has 1 aliphatic rings. The molecule has 5 nitrogen and oxygen atoms in total. The van der Waals surface area contributed by atoms with Gasteiger partial charge in [-0.15, -0.1) is 0 Å². The average Bonchev–Trinajstić information content (AvgIpc) is 2.00. The smallest absolute Gasteiger partial charge is 0.305 e. The normalized spacial score (nSPS) is 29.1. The molecule has 1 saturated heterocycles. The number of nitrogens with one attached hydrogen (secondary N) is 2. The molecule has 1 aliphatic heterocycles. The molecule has 0 aromatic carbocycles. The standard InChI is InChI=1S/C6H12F3N3O2S/c7-6(8,9)5-2-1-4(3-11-5)12-15(10,13)14/h4-5,11-12H,1-3H2,(H2,10,13,14). The Labute approximate surface area is 85.4 Å². The summed E-state index contributed by atoms with van der Waals surface area (Å²) in [5, 5.41) is 6.92. The number of hydrogen-bond acceptors (Lipinski definition) is 3. The van der Waals surface area contributed by atoms with Crippen LogP contribution in [0.3, 0.4) is 0 Å². The molecule has 15 heavy (non-hydrogen) atoms. The molecule has 1 fully saturated rings. The Balaban J connectivity index is 2.43. The van der Waals surface area contributed by atoms with E-state index in [4.69, 9.17) is 5.14 Å². The second-order valence-corrected chi connectivity index (χ2v) is 4.77. The number of nitrogens with two attached hydrogens (primary N) is 1. The van der Waals surface area contributed by atoms with Gasteiger partial charge in [0.05, 0.1) is 0 Å². The SMILES string of the molecule is NS(=O)(=O)NC1CCC(C(F)(F)F)NC1. The van der Waals surface area contributed by atoms with Crippen molar-refractivity contribution in [1.29, 1.82) is 0 Å².